The molecule has 0 saturated heterocycles. The standard InChI is InChI=1S/C16H15BrN2O3/c1-21-7-6-19-5-4-11-8-13(2-3-14(11)19)18-16(20)12-9-15(17)22-10-12/h2-5,8-10H,6-7H2,1H3,(H,18,20). The molecule has 0 fully saturated rings. The van der Waals surface area contributed by atoms with Crippen LogP contribution in [0.3, 0.4) is 0 Å². The lowest BCUT2D eigenvalue weighted by Gasteiger charge is -2.06. The molecule has 3 rings (SSSR count). The van der Waals surface area contributed by atoms with Gasteiger partial charge in [0.1, 0.15) is 6.26 Å². The predicted octanol–water partition coefficient (Wildman–Crippen LogP) is 3.90. The van der Waals surface area contributed by atoms with Gasteiger partial charge in [0.25, 0.3) is 5.91 Å². The average molecular weight is 363 g/mol. The lowest BCUT2D eigenvalue weighted by molar-refractivity contribution is 0.102. The van der Waals surface area contributed by atoms with Gasteiger partial charge in [-0.2, -0.15) is 0 Å². The molecule has 1 N–H and O–H groups in total. The van der Waals surface area contributed by atoms with Gasteiger partial charge in [0.15, 0.2) is 4.67 Å². The zero-order valence-electron chi connectivity index (χ0n) is 12.0. The summed E-state index contributed by atoms with van der Waals surface area (Å²) in [6.07, 6.45) is 3.43. The number of benzene rings is 1. The van der Waals surface area contributed by atoms with Gasteiger partial charge < -0.3 is 19.0 Å². The fourth-order valence-electron chi connectivity index (χ4n) is 2.29. The molecule has 3 aromatic rings. The summed E-state index contributed by atoms with van der Waals surface area (Å²) in [4.78, 5) is 12.1. The SMILES string of the molecule is COCCn1ccc2cc(NC(=O)c3coc(Br)c3)ccc21. The van der Waals surface area contributed by atoms with Crippen molar-refractivity contribution in [1.82, 2.24) is 4.57 Å². The second-order valence-corrected chi connectivity index (χ2v) is 5.65. The number of carbonyl (C=O) groups excluding carboxylic acids is 1. The maximum atomic E-state index is 12.1. The first-order chi connectivity index (χ1) is 10.7. The highest BCUT2D eigenvalue weighted by atomic mass is 79.9. The van der Waals surface area contributed by atoms with E-state index in [-0.39, 0.29) is 5.91 Å². The summed E-state index contributed by atoms with van der Waals surface area (Å²) >= 11 is 3.18. The number of hydrogen-bond donors (Lipinski definition) is 1. The second-order valence-electron chi connectivity index (χ2n) is 4.87. The van der Waals surface area contributed by atoms with Crippen LogP contribution in [0.2, 0.25) is 0 Å². The predicted molar refractivity (Wildman–Crippen MR) is 88.2 cm³/mol. The van der Waals surface area contributed by atoms with Crippen molar-refractivity contribution in [3.63, 3.8) is 0 Å². The molecule has 0 atom stereocenters. The molecule has 114 valence electrons. The first-order valence-corrected chi connectivity index (χ1v) is 7.60. The Morgan fingerprint density at radius 1 is 1.36 bits per heavy atom. The van der Waals surface area contributed by atoms with Crippen LogP contribution >= 0.6 is 15.9 Å². The molecule has 0 spiro atoms. The average Bonchev–Trinajstić information content (AvgIpc) is 3.11. The van der Waals surface area contributed by atoms with Crippen molar-refractivity contribution in [2.24, 2.45) is 0 Å². The molecular weight excluding hydrogens is 348 g/mol. The number of methoxy groups -OCH3 is 1. The summed E-state index contributed by atoms with van der Waals surface area (Å²) in [5.74, 6) is -0.201. The van der Waals surface area contributed by atoms with Crippen LogP contribution in [0.4, 0.5) is 5.69 Å². The molecule has 2 heterocycles. The van der Waals surface area contributed by atoms with Crippen molar-refractivity contribution in [3.8, 4) is 0 Å². The molecule has 5 nitrogen and oxygen atoms in total. The van der Waals surface area contributed by atoms with E-state index in [0.29, 0.717) is 16.8 Å². The quantitative estimate of drug-likeness (QED) is 0.748. The van der Waals surface area contributed by atoms with E-state index in [1.807, 2.05) is 30.5 Å². The van der Waals surface area contributed by atoms with Crippen LogP contribution in [0.1, 0.15) is 10.4 Å². The molecule has 1 aromatic carbocycles. The van der Waals surface area contributed by atoms with Gasteiger partial charge in [-0.15, -0.1) is 0 Å². The number of fused-ring (bicyclic) bond motifs is 1. The third-order valence-electron chi connectivity index (χ3n) is 3.39. The van der Waals surface area contributed by atoms with Crippen molar-refractivity contribution in [2.75, 3.05) is 19.0 Å². The Bertz CT molecular complexity index is 807. The van der Waals surface area contributed by atoms with E-state index < -0.39 is 0 Å². The number of hydrogen-bond acceptors (Lipinski definition) is 3. The van der Waals surface area contributed by atoms with Crippen LogP contribution in [0.15, 0.2) is 51.9 Å². The minimum atomic E-state index is -0.201. The van der Waals surface area contributed by atoms with Gasteiger partial charge >= 0.3 is 0 Å². The van der Waals surface area contributed by atoms with E-state index in [1.165, 1.54) is 6.26 Å². The molecule has 0 aliphatic carbocycles. The van der Waals surface area contributed by atoms with E-state index in [4.69, 9.17) is 9.15 Å². The monoisotopic (exact) mass is 362 g/mol. The largest absolute Gasteiger partial charge is 0.457 e. The van der Waals surface area contributed by atoms with Crippen molar-refractivity contribution >= 4 is 38.4 Å². The molecule has 22 heavy (non-hydrogen) atoms. The fourth-order valence-corrected chi connectivity index (χ4v) is 2.64. The number of anilines is 1. The lowest BCUT2D eigenvalue weighted by atomic mass is 10.2. The van der Waals surface area contributed by atoms with Gasteiger partial charge in [-0.3, -0.25) is 4.79 Å². The van der Waals surface area contributed by atoms with Gasteiger partial charge in [-0.1, -0.05) is 0 Å². The van der Waals surface area contributed by atoms with Gasteiger partial charge in [0.2, 0.25) is 0 Å². The molecular formula is C16H15BrN2O3. The third-order valence-corrected chi connectivity index (χ3v) is 3.81. The minimum Gasteiger partial charge on any atom is -0.457 e. The van der Waals surface area contributed by atoms with Crippen molar-refractivity contribution in [3.05, 3.63) is 53.0 Å². The molecule has 0 aliphatic rings. The Balaban J connectivity index is 1.79. The summed E-state index contributed by atoms with van der Waals surface area (Å²) in [7, 11) is 1.69. The number of carbonyl (C=O) groups is 1. The number of nitrogens with zero attached hydrogens (tertiary/aromatic N) is 1. The molecule has 0 bridgehead atoms. The molecule has 0 saturated carbocycles. The summed E-state index contributed by atoms with van der Waals surface area (Å²) in [6.45, 7) is 1.46. The fraction of sp³-hybridized carbons (Fsp3) is 0.188. The van der Waals surface area contributed by atoms with E-state index in [2.05, 4.69) is 25.8 Å². The molecule has 6 heteroatoms. The van der Waals surface area contributed by atoms with E-state index in [9.17, 15) is 4.79 Å². The van der Waals surface area contributed by atoms with Crippen LogP contribution in [-0.4, -0.2) is 24.2 Å². The topological polar surface area (TPSA) is 56.4 Å². The number of furan rings is 1. The van der Waals surface area contributed by atoms with Gasteiger partial charge in [0.05, 0.1) is 12.2 Å². The Labute approximate surface area is 136 Å². The number of amides is 1. The smallest absolute Gasteiger partial charge is 0.258 e. The van der Waals surface area contributed by atoms with Gasteiger partial charge in [-0.25, -0.2) is 0 Å². The normalized spacial score (nSPS) is 11.0. The first kappa shape index (κ1) is 14.9. The van der Waals surface area contributed by atoms with Crippen molar-refractivity contribution in [1.29, 1.82) is 0 Å². The van der Waals surface area contributed by atoms with Crippen LogP contribution < -0.4 is 5.32 Å². The zero-order valence-corrected chi connectivity index (χ0v) is 13.6. The van der Waals surface area contributed by atoms with Crippen molar-refractivity contribution in [2.45, 2.75) is 6.54 Å². The Morgan fingerprint density at radius 3 is 2.95 bits per heavy atom. The van der Waals surface area contributed by atoms with Gasteiger partial charge in [-0.05, 0) is 40.2 Å². The van der Waals surface area contributed by atoms with E-state index in [1.54, 1.807) is 13.2 Å². The molecule has 0 radical (unpaired) electrons. The van der Waals surface area contributed by atoms with Crippen LogP contribution in [0, 0.1) is 0 Å². The van der Waals surface area contributed by atoms with Crippen LogP contribution in [0.25, 0.3) is 10.9 Å². The van der Waals surface area contributed by atoms with Crippen molar-refractivity contribution < 1.29 is 13.9 Å². The zero-order chi connectivity index (χ0) is 15.5. The molecule has 0 aliphatic heterocycles. The minimum absolute atomic E-state index is 0.201. The lowest BCUT2D eigenvalue weighted by Crippen LogP contribution is -2.10. The maximum absolute atomic E-state index is 12.1. The van der Waals surface area contributed by atoms with Crippen LogP contribution in [0.5, 0.6) is 0 Å². The number of halogens is 1. The Kier molecular flexibility index (Phi) is 4.31. The number of aromatic nitrogens is 1. The summed E-state index contributed by atoms with van der Waals surface area (Å²) in [5, 5.41) is 3.93. The highest BCUT2D eigenvalue weighted by molar-refractivity contribution is 9.10. The van der Waals surface area contributed by atoms with E-state index >= 15 is 0 Å². The Hall–Kier alpha value is -2.05. The van der Waals surface area contributed by atoms with Gasteiger partial charge in [0, 0.05) is 42.5 Å². The highest BCUT2D eigenvalue weighted by Crippen LogP contribution is 2.22. The highest BCUT2D eigenvalue weighted by Gasteiger charge is 2.10. The Morgan fingerprint density at radius 2 is 2.23 bits per heavy atom. The molecule has 2 aromatic heterocycles. The molecule has 0 unspecified atom stereocenters. The number of ether oxygens (including phenoxy) is 1. The third kappa shape index (κ3) is 3.08. The maximum Gasteiger partial charge on any atom is 0.258 e. The first-order valence-electron chi connectivity index (χ1n) is 6.80. The van der Waals surface area contributed by atoms with E-state index in [0.717, 1.165) is 23.1 Å². The number of nitrogens with one attached hydrogen (secondary N) is 1. The second kappa shape index (κ2) is 6.37. The molecule has 1 amide bonds. The summed E-state index contributed by atoms with van der Waals surface area (Å²) in [6, 6.07) is 9.49. The number of rotatable bonds is 5. The summed E-state index contributed by atoms with van der Waals surface area (Å²) in [5.41, 5.74) is 2.34. The summed E-state index contributed by atoms with van der Waals surface area (Å²) < 4.78 is 12.8. The van der Waals surface area contributed by atoms with Crippen LogP contribution in [-0.2, 0) is 11.3 Å².